The monoisotopic (exact) mass is 489 g/mol. The van der Waals surface area contributed by atoms with Crippen LogP contribution >= 0.6 is 11.3 Å². The topological polar surface area (TPSA) is 68.8 Å². The predicted octanol–water partition coefficient (Wildman–Crippen LogP) is 4.17. The average Bonchev–Trinajstić information content (AvgIpc) is 3.53. The van der Waals surface area contributed by atoms with E-state index in [1.165, 1.54) is 45.7 Å². The molecule has 1 aromatic carbocycles. The van der Waals surface area contributed by atoms with Gasteiger partial charge in [-0.3, -0.25) is 14.7 Å². The molecule has 6 rings (SSSR count). The summed E-state index contributed by atoms with van der Waals surface area (Å²) in [5.74, 6) is -0.104. The van der Waals surface area contributed by atoms with Gasteiger partial charge in [0.2, 0.25) is 5.91 Å². The quantitative estimate of drug-likeness (QED) is 0.596. The lowest BCUT2D eigenvalue weighted by Crippen LogP contribution is -2.49. The third-order valence-electron chi connectivity index (χ3n) is 7.53. The highest BCUT2D eigenvalue weighted by Gasteiger charge is 2.32. The minimum absolute atomic E-state index is 0.104. The van der Waals surface area contributed by atoms with Gasteiger partial charge >= 0.3 is 6.03 Å². The van der Waals surface area contributed by atoms with E-state index in [1.807, 2.05) is 12.3 Å². The molecule has 0 bridgehead atoms. The van der Waals surface area contributed by atoms with Gasteiger partial charge in [-0.2, -0.15) is 0 Å². The first-order valence-corrected chi connectivity index (χ1v) is 13.4. The molecule has 35 heavy (non-hydrogen) atoms. The Kier molecular flexibility index (Phi) is 5.73. The van der Waals surface area contributed by atoms with Gasteiger partial charge in [0, 0.05) is 67.0 Å². The molecular weight excluding hydrogens is 458 g/mol. The van der Waals surface area contributed by atoms with Gasteiger partial charge in [0.15, 0.2) is 0 Å². The number of nitrogens with one attached hydrogen (secondary N) is 1. The van der Waals surface area contributed by atoms with Crippen molar-refractivity contribution in [2.45, 2.75) is 45.2 Å². The number of thiophene rings is 1. The van der Waals surface area contributed by atoms with Gasteiger partial charge in [0.25, 0.3) is 0 Å². The molecular formula is C27H31N5O2S. The van der Waals surface area contributed by atoms with Crippen LogP contribution in [0.4, 0.5) is 10.5 Å². The summed E-state index contributed by atoms with van der Waals surface area (Å²) in [7, 11) is 1.75. The number of amides is 3. The summed E-state index contributed by atoms with van der Waals surface area (Å²) < 4.78 is 1.12. The van der Waals surface area contributed by atoms with Gasteiger partial charge in [-0.25, -0.2) is 4.79 Å². The molecule has 0 radical (unpaired) electrons. The zero-order valence-electron chi connectivity index (χ0n) is 20.3. The maximum atomic E-state index is 12.6. The Morgan fingerprint density at radius 3 is 2.86 bits per heavy atom. The van der Waals surface area contributed by atoms with E-state index < -0.39 is 0 Å². The Bertz CT molecular complexity index is 1310. The third-order valence-corrected chi connectivity index (χ3v) is 8.67. The molecule has 0 unspecified atom stereocenters. The number of anilines is 1. The molecule has 0 aliphatic carbocycles. The van der Waals surface area contributed by atoms with Crippen LogP contribution in [0.25, 0.3) is 21.3 Å². The number of aryl methyl sites for hydroxylation is 2. The average molecular weight is 490 g/mol. The molecule has 7 nitrogen and oxygen atoms in total. The van der Waals surface area contributed by atoms with E-state index in [1.54, 1.807) is 23.3 Å². The number of carbonyl (C=O) groups is 2. The molecule has 2 aromatic heterocycles. The van der Waals surface area contributed by atoms with E-state index in [-0.39, 0.29) is 11.9 Å². The van der Waals surface area contributed by atoms with Crippen LogP contribution in [-0.2, 0) is 17.8 Å². The first kappa shape index (κ1) is 22.5. The first-order valence-electron chi connectivity index (χ1n) is 12.5. The van der Waals surface area contributed by atoms with E-state index in [4.69, 9.17) is 0 Å². The Balaban J connectivity index is 1.43. The summed E-state index contributed by atoms with van der Waals surface area (Å²) in [6, 6.07) is 9.15. The van der Waals surface area contributed by atoms with Crippen LogP contribution in [0.3, 0.4) is 0 Å². The van der Waals surface area contributed by atoms with E-state index in [0.29, 0.717) is 25.6 Å². The lowest BCUT2D eigenvalue weighted by atomic mass is 9.91. The van der Waals surface area contributed by atoms with Gasteiger partial charge < -0.3 is 15.1 Å². The molecule has 182 valence electrons. The van der Waals surface area contributed by atoms with Crippen LogP contribution in [0.1, 0.15) is 35.3 Å². The second-order valence-corrected chi connectivity index (χ2v) is 11.1. The van der Waals surface area contributed by atoms with Crippen molar-refractivity contribution in [2.24, 2.45) is 0 Å². The molecule has 3 amide bonds. The second-order valence-electron chi connectivity index (χ2n) is 9.98. The summed E-state index contributed by atoms with van der Waals surface area (Å²) in [5.41, 5.74) is 7.48. The maximum Gasteiger partial charge on any atom is 0.326 e. The fraction of sp³-hybridized carbons (Fsp3) is 0.444. The number of hydrogen-bond donors (Lipinski definition) is 1. The lowest BCUT2D eigenvalue weighted by molar-refractivity contribution is -0.131. The number of hydrogen-bond acceptors (Lipinski definition) is 6. The van der Waals surface area contributed by atoms with Crippen molar-refractivity contribution >= 4 is 39.2 Å². The molecule has 2 fully saturated rings. The Morgan fingerprint density at radius 2 is 2.03 bits per heavy atom. The SMILES string of the molecule is Cc1cc2c(c(-c3ccnc4cc(CN5C(=O)CCN(C)C5=O)sc34)c1)N([C@H]1CCNC1)CCC2. The van der Waals surface area contributed by atoms with E-state index in [9.17, 15) is 9.59 Å². The second kappa shape index (κ2) is 8.91. The van der Waals surface area contributed by atoms with Crippen molar-refractivity contribution in [3.8, 4) is 11.1 Å². The zero-order valence-corrected chi connectivity index (χ0v) is 21.2. The third kappa shape index (κ3) is 3.98. The normalized spacial score (nSPS) is 20.7. The number of urea groups is 1. The Morgan fingerprint density at radius 1 is 1.14 bits per heavy atom. The van der Waals surface area contributed by atoms with Crippen molar-refractivity contribution in [1.29, 1.82) is 0 Å². The van der Waals surface area contributed by atoms with Crippen molar-refractivity contribution < 1.29 is 9.59 Å². The zero-order chi connectivity index (χ0) is 24.1. The highest BCUT2D eigenvalue weighted by molar-refractivity contribution is 7.19. The number of imide groups is 1. The van der Waals surface area contributed by atoms with Crippen LogP contribution in [0.2, 0.25) is 0 Å². The molecule has 0 saturated carbocycles. The minimum atomic E-state index is -0.222. The number of pyridine rings is 1. The molecule has 3 aromatic rings. The summed E-state index contributed by atoms with van der Waals surface area (Å²) in [5, 5.41) is 3.54. The lowest BCUT2D eigenvalue weighted by Gasteiger charge is -2.38. The van der Waals surface area contributed by atoms with Gasteiger partial charge in [-0.05, 0) is 56.5 Å². The molecule has 0 spiro atoms. The number of benzene rings is 1. The van der Waals surface area contributed by atoms with Crippen molar-refractivity contribution in [3.63, 3.8) is 0 Å². The van der Waals surface area contributed by atoms with E-state index in [0.717, 1.165) is 41.1 Å². The molecule has 2 saturated heterocycles. The minimum Gasteiger partial charge on any atom is -0.366 e. The maximum absolute atomic E-state index is 12.6. The summed E-state index contributed by atoms with van der Waals surface area (Å²) in [6.45, 7) is 6.17. The summed E-state index contributed by atoms with van der Waals surface area (Å²) in [6.07, 6.45) is 5.73. The fourth-order valence-electron chi connectivity index (χ4n) is 5.81. The number of nitrogens with zero attached hydrogens (tertiary/aromatic N) is 4. The van der Waals surface area contributed by atoms with Gasteiger partial charge in [0.1, 0.15) is 0 Å². The highest BCUT2D eigenvalue weighted by Crippen LogP contribution is 2.44. The highest BCUT2D eigenvalue weighted by atomic mass is 32.1. The number of fused-ring (bicyclic) bond motifs is 2. The summed E-state index contributed by atoms with van der Waals surface area (Å²) >= 11 is 1.65. The molecule has 3 aliphatic rings. The van der Waals surface area contributed by atoms with Crippen molar-refractivity contribution in [2.75, 3.05) is 38.1 Å². The molecule has 1 atom stereocenters. The van der Waals surface area contributed by atoms with Crippen LogP contribution in [-0.4, -0.2) is 66.0 Å². The fourth-order valence-corrected chi connectivity index (χ4v) is 6.94. The summed E-state index contributed by atoms with van der Waals surface area (Å²) in [4.78, 5) is 36.3. The number of aromatic nitrogens is 1. The van der Waals surface area contributed by atoms with Crippen LogP contribution in [0.15, 0.2) is 30.5 Å². The first-order chi connectivity index (χ1) is 17.0. The Labute approximate surface area is 209 Å². The van der Waals surface area contributed by atoms with Gasteiger partial charge in [-0.15, -0.1) is 11.3 Å². The standard InChI is InChI=1S/C27H31N5O2S/c1-17-12-18-4-3-10-31(19-5-8-28-15-19)25(18)22(13-17)21-6-9-29-23-14-20(35-26(21)23)16-32-24(33)7-11-30(2)27(32)34/h6,9,12-14,19,28H,3-5,7-8,10-11,15-16H2,1-2H3/t19-/m0/s1. The Hall–Kier alpha value is -2.97. The van der Waals surface area contributed by atoms with Gasteiger partial charge in [-0.1, -0.05) is 11.6 Å². The van der Waals surface area contributed by atoms with E-state index in [2.05, 4.69) is 40.3 Å². The number of carbonyl (C=O) groups excluding carboxylic acids is 2. The molecule has 8 heteroatoms. The van der Waals surface area contributed by atoms with Crippen molar-refractivity contribution in [3.05, 3.63) is 46.5 Å². The van der Waals surface area contributed by atoms with Crippen LogP contribution in [0.5, 0.6) is 0 Å². The van der Waals surface area contributed by atoms with Gasteiger partial charge in [0.05, 0.1) is 16.8 Å². The smallest absolute Gasteiger partial charge is 0.326 e. The van der Waals surface area contributed by atoms with Crippen LogP contribution in [0, 0.1) is 6.92 Å². The van der Waals surface area contributed by atoms with E-state index >= 15 is 0 Å². The largest absolute Gasteiger partial charge is 0.366 e. The molecule has 5 heterocycles. The number of rotatable bonds is 4. The molecule has 1 N–H and O–H groups in total. The van der Waals surface area contributed by atoms with Crippen molar-refractivity contribution in [1.82, 2.24) is 20.1 Å². The molecule has 3 aliphatic heterocycles. The predicted molar refractivity (Wildman–Crippen MR) is 140 cm³/mol. The van der Waals surface area contributed by atoms with Crippen LogP contribution < -0.4 is 10.2 Å².